The number of fused-ring (bicyclic) bond motifs is 4. The van der Waals surface area contributed by atoms with Gasteiger partial charge in [0, 0.05) is 31.8 Å². The summed E-state index contributed by atoms with van der Waals surface area (Å²) in [7, 11) is -5.11. The third-order valence-corrected chi connectivity index (χ3v) is 18.2. The van der Waals surface area contributed by atoms with Crippen molar-refractivity contribution < 1.29 is 8.42 Å². The van der Waals surface area contributed by atoms with Crippen LogP contribution in [0.4, 0.5) is 11.4 Å². The molecule has 2 aliphatic rings. The number of anilines is 2. The van der Waals surface area contributed by atoms with Gasteiger partial charge in [0.15, 0.2) is 0 Å². The average Bonchev–Trinajstić information content (AvgIpc) is 2.96. The van der Waals surface area contributed by atoms with Crippen molar-refractivity contribution in [1.29, 1.82) is 0 Å². The first-order chi connectivity index (χ1) is 20.8. The molecule has 230 valence electrons. The Hall–Kier alpha value is -2.36. The van der Waals surface area contributed by atoms with Gasteiger partial charge in [-0.25, -0.2) is 8.42 Å². The summed E-state index contributed by atoms with van der Waals surface area (Å²) < 4.78 is 27.4. The lowest BCUT2D eigenvalue weighted by Gasteiger charge is -2.34. The summed E-state index contributed by atoms with van der Waals surface area (Å²) in [5.41, 5.74) is 19.7. The third kappa shape index (κ3) is 5.11. The number of hydrogen-bond donors (Lipinski definition) is 2. The highest BCUT2D eigenvalue weighted by molar-refractivity contribution is 8.01. The van der Waals surface area contributed by atoms with Crippen LogP contribution in [0.5, 0.6) is 0 Å². The topological polar surface area (TPSA) is 86.2 Å². The van der Waals surface area contributed by atoms with E-state index in [0.717, 1.165) is 28.3 Å². The van der Waals surface area contributed by atoms with Gasteiger partial charge in [0.05, 0.1) is 9.79 Å². The van der Waals surface area contributed by atoms with E-state index in [4.69, 9.17) is 11.5 Å². The van der Waals surface area contributed by atoms with Gasteiger partial charge in [-0.1, -0.05) is 103 Å². The molecule has 3 unspecified atom stereocenters. The van der Waals surface area contributed by atoms with E-state index in [1.807, 2.05) is 42.1 Å². The summed E-state index contributed by atoms with van der Waals surface area (Å²) in [5.74, 6) is 0.515. The Balaban J connectivity index is 1.36. The number of benzene rings is 4. The smallest absolute Gasteiger partial charge is 0.207 e. The van der Waals surface area contributed by atoms with Crippen molar-refractivity contribution in [1.82, 2.24) is 0 Å². The Kier molecular flexibility index (Phi) is 8.46. The van der Waals surface area contributed by atoms with Crippen LogP contribution in [-0.2, 0) is 16.3 Å². The van der Waals surface area contributed by atoms with E-state index in [0.29, 0.717) is 27.1 Å². The Labute approximate surface area is 269 Å². The van der Waals surface area contributed by atoms with Gasteiger partial charge in [0.25, 0.3) is 0 Å². The van der Waals surface area contributed by atoms with E-state index < -0.39 is 25.7 Å². The molecule has 2 aliphatic heterocycles. The molecule has 4 aromatic rings. The van der Waals surface area contributed by atoms with Gasteiger partial charge in [-0.3, -0.25) is 0 Å². The molecule has 0 saturated carbocycles. The van der Waals surface area contributed by atoms with Crippen molar-refractivity contribution in [2.75, 3.05) is 11.5 Å². The molecule has 0 bridgehead atoms. The summed E-state index contributed by atoms with van der Waals surface area (Å²) in [6.45, 7) is 15.6. The second-order valence-electron chi connectivity index (χ2n) is 12.9. The molecule has 0 aliphatic carbocycles. The Morgan fingerprint density at radius 2 is 1.32 bits per heavy atom. The molecule has 4 aromatic carbocycles. The molecule has 3 atom stereocenters. The maximum Gasteiger partial charge on any atom is 0.207 e. The van der Waals surface area contributed by atoms with Gasteiger partial charge in [0.1, 0.15) is 0 Å². The zero-order chi connectivity index (χ0) is 31.7. The minimum absolute atomic E-state index is 0.124. The number of sulfone groups is 1. The van der Waals surface area contributed by atoms with Crippen molar-refractivity contribution in [3.63, 3.8) is 0 Å². The number of rotatable bonds is 6. The summed E-state index contributed by atoms with van der Waals surface area (Å²) in [5, 5.41) is 4.50. The van der Waals surface area contributed by atoms with Gasteiger partial charge in [-0.05, 0) is 97.0 Å². The maximum atomic E-state index is 13.7. The van der Waals surface area contributed by atoms with Gasteiger partial charge < -0.3 is 11.5 Å². The van der Waals surface area contributed by atoms with E-state index >= 15 is 0 Å². The van der Waals surface area contributed by atoms with Crippen LogP contribution in [0.1, 0.15) is 77.0 Å². The molecule has 0 radical (unpaired) electrons. The molecule has 8 heteroatoms. The van der Waals surface area contributed by atoms with Crippen molar-refractivity contribution in [2.45, 2.75) is 97.6 Å². The lowest BCUT2D eigenvalue weighted by molar-refractivity contribution is 0.597. The quantitative estimate of drug-likeness (QED) is 0.164. The molecule has 0 amide bonds. The van der Waals surface area contributed by atoms with E-state index in [2.05, 4.69) is 78.8 Å². The molecular weight excluding hydrogens is 618 g/mol. The van der Waals surface area contributed by atoms with Crippen LogP contribution < -0.4 is 32.7 Å². The van der Waals surface area contributed by atoms with E-state index in [1.54, 1.807) is 6.07 Å². The third-order valence-electron chi connectivity index (χ3n) is 8.84. The molecule has 6 rings (SSSR count). The maximum absolute atomic E-state index is 13.7. The average molecular weight is 661 g/mol. The zero-order valence-electron chi connectivity index (χ0n) is 26.5. The first-order valence-electron chi connectivity index (χ1n) is 15.4. The number of nitrogen functional groups attached to an aromatic ring is 2. The highest BCUT2D eigenvalue weighted by Crippen LogP contribution is 2.53. The standard InChI is InChI=1S/C36H42N2O2P2S2/c1-20(2)25-13-16-29-35(33(25)37)41(21(3)4)27-15-12-24(19-30(27)43-29)18-23(7)26-14-17-32-36(34(26)38)42(22(5)6)28-10-8-9-11-31(28)44(32,39)40/h8-17,19-23H,18,37-38H2,1-7H3. The van der Waals surface area contributed by atoms with Crippen LogP contribution in [0.25, 0.3) is 0 Å². The van der Waals surface area contributed by atoms with Gasteiger partial charge in [0.2, 0.25) is 9.84 Å². The Morgan fingerprint density at radius 3 is 2.00 bits per heavy atom. The van der Waals surface area contributed by atoms with E-state index in [-0.39, 0.29) is 11.6 Å². The van der Waals surface area contributed by atoms with Crippen LogP contribution in [-0.4, -0.2) is 19.7 Å². The van der Waals surface area contributed by atoms with Crippen molar-refractivity contribution in [3.05, 3.63) is 83.4 Å². The molecule has 0 spiro atoms. The molecule has 4 nitrogen and oxygen atoms in total. The highest BCUT2D eigenvalue weighted by Gasteiger charge is 2.39. The number of nitrogens with two attached hydrogens (primary N) is 2. The minimum Gasteiger partial charge on any atom is -0.398 e. The van der Waals surface area contributed by atoms with Crippen molar-refractivity contribution in [3.8, 4) is 0 Å². The second-order valence-corrected chi connectivity index (χ2v) is 21.3. The fraction of sp³-hybridized carbons (Fsp3) is 0.333. The number of hydrogen-bond acceptors (Lipinski definition) is 5. The fourth-order valence-corrected chi connectivity index (χ4v) is 16.5. The molecule has 0 fully saturated rings. The van der Waals surface area contributed by atoms with Gasteiger partial charge >= 0.3 is 0 Å². The van der Waals surface area contributed by atoms with Gasteiger partial charge in [-0.2, -0.15) is 0 Å². The molecule has 44 heavy (non-hydrogen) atoms. The van der Waals surface area contributed by atoms with Crippen LogP contribution >= 0.6 is 27.6 Å². The molecule has 0 saturated heterocycles. The monoisotopic (exact) mass is 660 g/mol. The molecule has 2 heterocycles. The lowest BCUT2D eigenvalue weighted by Crippen LogP contribution is -2.34. The molecule has 0 aromatic heterocycles. The molecular formula is C36H42N2O2P2S2. The zero-order valence-corrected chi connectivity index (χ0v) is 30.0. The van der Waals surface area contributed by atoms with Crippen LogP contribution in [0, 0.1) is 0 Å². The SMILES string of the molecule is CC(C)c1ccc2c(c1N)P(C(C)C)c1ccc(CC(C)c3ccc4c(c3N)P(C(C)C)c3ccccc3S4(=O)=O)cc1S2. The summed E-state index contributed by atoms with van der Waals surface area (Å²) in [6, 6.07) is 22.7. The normalized spacial score (nSPS) is 19.0. The lowest BCUT2D eigenvalue weighted by atomic mass is 9.92. The van der Waals surface area contributed by atoms with Crippen LogP contribution in [0.15, 0.2) is 86.3 Å². The van der Waals surface area contributed by atoms with E-state index in [1.165, 1.54) is 31.5 Å². The predicted octanol–water partition coefficient (Wildman–Crippen LogP) is 7.61. The Morgan fingerprint density at radius 1 is 0.682 bits per heavy atom. The van der Waals surface area contributed by atoms with Crippen LogP contribution in [0.2, 0.25) is 0 Å². The van der Waals surface area contributed by atoms with E-state index in [9.17, 15) is 8.42 Å². The first kappa shape index (κ1) is 31.6. The first-order valence-corrected chi connectivity index (χ1v) is 20.5. The van der Waals surface area contributed by atoms with Gasteiger partial charge in [-0.15, -0.1) is 0 Å². The van der Waals surface area contributed by atoms with Crippen LogP contribution in [0.3, 0.4) is 0 Å². The summed E-state index contributed by atoms with van der Waals surface area (Å²) in [4.78, 5) is 3.43. The highest BCUT2D eigenvalue weighted by atomic mass is 32.2. The van der Waals surface area contributed by atoms with Crippen molar-refractivity contribution >= 4 is 70.0 Å². The Bertz CT molecular complexity index is 1890. The summed E-state index contributed by atoms with van der Waals surface area (Å²) >= 11 is 1.84. The van der Waals surface area contributed by atoms with Crippen molar-refractivity contribution in [2.24, 2.45) is 0 Å². The predicted molar refractivity (Wildman–Crippen MR) is 193 cm³/mol. The second kappa shape index (κ2) is 11.8. The largest absolute Gasteiger partial charge is 0.398 e. The summed E-state index contributed by atoms with van der Waals surface area (Å²) in [6.07, 6.45) is 0.820. The minimum atomic E-state index is -3.62. The molecule has 4 N–H and O–H groups in total. The fourth-order valence-electron chi connectivity index (χ4n) is 6.80.